The van der Waals surface area contributed by atoms with E-state index >= 15 is 0 Å². The first-order valence-corrected chi connectivity index (χ1v) is 8.97. The van der Waals surface area contributed by atoms with Crippen molar-refractivity contribution in [3.05, 3.63) is 83.4 Å². The summed E-state index contributed by atoms with van der Waals surface area (Å²) >= 11 is 1.32. The van der Waals surface area contributed by atoms with Crippen molar-refractivity contribution in [2.75, 3.05) is 6.54 Å². The number of amides is 1. The minimum Gasteiger partial charge on any atom is -0.489 e. The maximum Gasteiger partial charge on any atom is 0.271 e. The highest BCUT2D eigenvalue weighted by Crippen LogP contribution is 2.27. The largest absolute Gasteiger partial charge is 0.489 e. The van der Waals surface area contributed by atoms with Crippen molar-refractivity contribution in [2.24, 2.45) is 0 Å². The van der Waals surface area contributed by atoms with Crippen LogP contribution in [0.5, 0.6) is 5.75 Å². The molecule has 1 amide bonds. The summed E-state index contributed by atoms with van der Waals surface area (Å²) in [6.45, 7) is 3.68. The van der Waals surface area contributed by atoms with Crippen LogP contribution in [0.25, 0.3) is 10.6 Å². The Morgan fingerprint density at radius 3 is 2.70 bits per heavy atom. The summed E-state index contributed by atoms with van der Waals surface area (Å²) in [4.78, 5) is 16.2. The maximum atomic E-state index is 13.7. The number of thiazole rings is 1. The molecule has 0 unspecified atom stereocenters. The van der Waals surface area contributed by atoms with Crippen LogP contribution >= 0.6 is 11.3 Å². The van der Waals surface area contributed by atoms with Crippen LogP contribution < -0.4 is 10.1 Å². The number of carbonyl (C=O) groups is 1. The Hall–Kier alpha value is -3.06. The minimum atomic E-state index is -0.652. The molecule has 27 heavy (non-hydrogen) atoms. The van der Waals surface area contributed by atoms with Gasteiger partial charge in [0.1, 0.15) is 34.7 Å². The second-order valence-corrected chi connectivity index (χ2v) is 6.41. The lowest BCUT2D eigenvalue weighted by Gasteiger charge is -2.09. The molecule has 0 atom stereocenters. The Kier molecular flexibility index (Phi) is 5.93. The van der Waals surface area contributed by atoms with E-state index in [0.29, 0.717) is 23.0 Å². The van der Waals surface area contributed by atoms with Crippen molar-refractivity contribution in [3.8, 4) is 16.3 Å². The van der Waals surface area contributed by atoms with Gasteiger partial charge in [-0.1, -0.05) is 24.3 Å². The zero-order valence-electron chi connectivity index (χ0n) is 14.2. The standard InChI is InChI=1S/C20H16F2N2O2S/c1-2-9-23-19(25)18-12-27-20(24-18)13-5-3-6-14(10-13)26-11-15-16(21)7-4-8-17(15)22/h2-8,10,12H,1,9,11H2,(H,23,25). The Bertz CT molecular complexity index is 952. The first kappa shape index (κ1) is 18.7. The summed E-state index contributed by atoms with van der Waals surface area (Å²) < 4.78 is 32.9. The molecular weight excluding hydrogens is 370 g/mol. The molecule has 2 aromatic carbocycles. The lowest BCUT2D eigenvalue weighted by atomic mass is 10.2. The molecule has 1 heterocycles. The fraction of sp³-hybridized carbons (Fsp3) is 0.100. The number of halogens is 2. The third-order valence-electron chi connectivity index (χ3n) is 3.67. The highest BCUT2D eigenvalue weighted by molar-refractivity contribution is 7.13. The number of rotatable bonds is 7. The summed E-state index contributed by atoms with van der Waals surface area (Å²) in [5.41, 5.74) is 0.934. The normalized spacial score (nSPS) is 10.4. The minimum absolute atomic E-state index is 0.127. The first-order valence-electron chi connectivity index (χ1n) is 8.09. The third kappa shape index (κ3) is 4.57. The number of aromatic nitrogens is 1. The number of benzene rings is 2. The molecule has 3 aromatic rings. The van der Waals surface area contributed by atoms with E-state index in [0.717, 1.165) is 5.56 Å². The van der Waals surface area contributed by atoms with Crippen LogP contribution in [-0.2, 0) is 6.61 Å². The molecule has 3 rings (SSSR count). The molecule has 0 saturated heterocycles. The number of nitrogens with one attached hydrogen (secondary N) is 1. The summed E-state index contributed by atoms with van der Waals surface area (Å²) in [5, 5.41) is 4.97. The number of ether oxygens (including phenoxy) is 1. The van der Waals surface area contributed by atoms with Gasteiger partial charge in [-0.15, -0.1) is 17.9 Å². The summed E-state index contributed by atoms with van der Waals surface area (Å²) in [7, 11) is 0. The number of nitrogens with zero attached hydrogens (tertiary/aromatic N) is 1. The van der Waals surface area contributed by atoms with E-state index in [2.05, 4.69) is 16.9 Å². The predicted molar refractivity (Wildman–Crippen MR) is 101 cm³/mol. The molecule has 0 aliphatic rings. The van der Waals surface area contributed by atoms with E-state index < -0.39 is 11.6 Å². The Labute approximate surface area is 159 Å². The van der Waals surface area contributed by atoms with Crippen LogP contribution in [0.1, 0.15) is 16.1 Å². The van der Waals surface area contributed by atoms with E-state index in [1.165, 1.54) is 29.5 Å². The lowest BCUT2D eigenvalue weighted by molar-refractivity contribution is 0.0954. The van der Waals surface area contributed by atoms with Gasteiger partial charge in [-0.3, -0.25) is 4.79 Å². The molecule has 0 saturated carbocycles. The molecule has 0 bridgehead atoms. The van der Waals surface area contributed by atoms with Crippen molar-refractivity contribution in [1.29, 1.82) is 0 Å². The van der Waals surface area contributed by atoms with E-state index in [9.17, 15) is 13.6 Å². The first-order chi connectivity index (χ1) is 13.1. The van der Waals surface area contributed by atoms with Gasteiger partial charge in [0, 0.05) is 17.5 Å². The van der Waals surface area contributed by atoms with Crippen molar-refractivity contribution >= 4 is 17.2 Å². The van der Waals surface area contributed by atoms with E-state index in [-0.39, 0.29) is 18.1 Å². The molecule has 7 heteroatoms. The lowest BCUT2D eigenvalue weighted by Crippen LogP contribution is -2.23. The van der Waals surface area contributed by atoms with Gasteiger partial charge in [0.15, 0.2) is 0 Å². The smallest absolute Gasteiger partial charge is 0.271 e. The molecule has 0 radical (unpaired) electrons. The fourth-order valence-electron chi connectivity index (χ4n) is 2.31. The van der Waals surface area contributed by atoms with Gasteiger partial charge >= 0.3 is 0 Å². The van der Waals surface area contributed by atoms with Crippen molar-refractivity contribution in [3.63, 3.8) is 0 Å². The van der Waals surface area contributed by atoms with Crippen molar-refractivity contribution in [1.82, 2.24) is 10.3 Å². The summed E-state index contributed by atoms with van der Waals surface area (Å²) in [6, 6.07) is 10.7. The van der Waals surface area contributed by atoms with Crippen LogP contribution in [0.4, 0.5) is 8.78 Å². The SMILES string of the molecule is C=CCNC(=O)c1csc(-c2cccc(OCc3c(F)cccc3F)c2)n1. The number of hydrogen-bond donors (Lipinski definition) is 1. The van der Waals surface area contributed by atoms with Crippen molar-refractivity contribution in [2.45, 2.75) is 6.61 Å². The monoisotopic (exact) mass is 386 g/mol. The summed E-state index contributed by atoms with van der Waals surface area (Å²) in [6.07, 6.45) is 1.59. The average molecular weight is 386 g/mol. The van der Waals surface area contributed by atoms with E-state index in [4.69, 9.17) is 4.74 Å². The Morgan fingerprint density at radius 1 is 1.22 bits per heavy atom. The van der Waals surface area contributed by atoms with Crippen LogP contribution in [0.3, 0.4) is 0 Å². The van der Waals surface area contributed by atoms with Gasteiger partial charge in [0.25, 0.3) is 5.91 Å². The molecule has 0 fully saturated rings. The molecule has 4 nitrogen and oxygen atoms in total. The zero-order valence-corrected chi connectivity index (χ0v) is 15.1. The van der Waals surface area contributed by atoms with Crippen LogP contribution in [0.2, 0.25) is 0 Å². The highest BCUT2D eigenvalue weighted by Gasteiger charge is 2.12. The van der Waals surface area contributed by atoms with E-state index in [1.54, 1.807) is 29.7 Å². The molecular formula is C20H16F2N2O2S. The maximum absolute atomic E-state index is 13.7. The highest BCUT2D eigenvalue weighted by atomic mass is 32.1. The Balaban J connectivity index is 1.73. The molecule has 0 aliphatic heterocycles. The van der Waals surface area contributed by atoms with Crippen LogP contribution in [0, 0.1) is 11.6 Å². The van der Waals surface area contributed by atoms with Gasteiger partial charge in [-0.25, -0.2) is 13.8 Å². The molecule has 0 aliphatic carbocycles. The van der Waals surface area contributed by atoms with Crippen LogP contribution in [-0.4, -0.2) is 17.4 Å². The second-order valence-electron chi connectivity index (χ2n) is 5.55. The molecule has 0 spiro atoms. The molecule has 138 valence electrons. The predicted octanol–water partition coefficient (Wildman–Crippen LogP) is 4.58. The molecule has 1 N–H and O–H groups in total. The topological polar surface area (TPSA) is 51.2 Å². The summed E-state index contributed by atoms with van der Waals surface area (Å²) in [5.74, 6) is -1.13. The van der Waals surface area contributed by atoms with Gasteiger partial charge in [-0.05, 0) is 24.3 Å². The quantitative estimate of drug-likeness (QED) is 0.605. The van der Waals surface area contributed by atoms with Gasteiger partial charge < -0.3 is 10.1 Å². The van der Waals surface area contributed by atoms with Gasteiger partial charge in [0.2, 0.25) is 0 Å². The fourth-order valence-corrected chi connectivity index (χ4v) is 3.11. The second kappa shape index (κ2) is 8.55. The van der Waals surface area contributed by atoms with Crippen molar-refractivity contribution < 1.29 is 18.3 Å². The van der Waals surface area contributed by atoms with Crippen LogP contribution in [0.15, 0.2) is 60.5 Å². The number of carbonyl (C=O) groups excluding carboxylic acids is 1. The number of hydrogen-bond acceptors (Lipinski definition) is 4. The molecule has 1 aromatic heterocycles. The van der Waals surface area contributed by atoms with E-state index in [1.807, 2.05) is 6.07 Å². The third-order valence-corrected chi connectivity index (χ3v) is 4.56. The van der Waals surface area contributed by atoms with Gasteiger partial charge in [0.05, 0.1) is 5.56 Å². The zero-order chi connectivity index (χ0) is 19.2. The average Bonchev–Trinajstić information content (AvgIpc) is 3.16. The Morgan fingerprint density at radius 2 is 1.96 bits per heavy atom. The van der Waals surface area contributed by atoms with Gasteiger partial charge in [-0.2, -0.15) is 0 Å².